The van der Waals surface area contributed by atoms with E-state index in [4.69, 9.17) is 5.73 Å². The Labute approximate surface area is 128 Å². The van der Waals surface area contributed by atoms with Crippen molar-refractivity contribution in [3.8, 4) is 0 Å². The number of rotatable bonds is 8. The molecule has 8 heteroatoms. The number of nitrogens with zero attached hydrogens (tertiary/aromatic N) is 1. The first kappa shape index (κ1) is 15.9. The second kappa shape index (κ2) is 7.48. The van der Waals surface area contributed by atoms with Crippen molar-refractivity contribution in [3.05, 3.63) is 42.5 Å². The van der Waals surface area contributed by atoms with Gasteiger partial charge in [-0.25, -0.2) is 18.1 Å². The fourth-order valence-electron chi connectivity index (χ4n) is 1.71. The number of sulfonamides is 1. The first-order chi connectivity index (χ1) is 10.1. The van der Waals surface area contributed by atoms with Crippen molar-refractivity contribution in [2.24, 2.45) is 0 Å². The first-order valence-corrected chi connectivity index (χ1v) is 9.13. The lowest BCUT2D eigenvalue weighted by atomic mass is 10.3. The molecule has 0 atom stereocenters. The molecule has 0 spiro atoms. The molecular formula is C13H18N4O2S2. The molecule has 0 amide bonds. The largest absolute Gasteiger partial charge is 0.398 e. The number of nitrogens with one attached hydrogen (secondary N) is 2. The zero-order valence-corrected chi connectivity index (χ0v) is 13.1. The van der Waals surface area contributed by atoms with E-state index in [2.05, 4.69) is 14.7 Å². The van der Waals surface area contributed by atoms with Crippen molar-refractivity contribution in [2.75, 3.05) is 23.8 Å². The summed E-state index contributed by atoms with van der Waals surface area (Å²) in [4.78, 5) is 7.88. The minimum atomic E-state index is -3.27. The van der Waals surface area contributed by atoms with Crippen molar-refractivity contribution in [3.63, 3.8) is 0 Å². The molecule has 2 aromatic rings. The number of imidazole rings is 1. The molecule has 1 aromatic carbocycles. The lowest BCUT2D eigenvalue weighted by molar-refractivity contribution is 0.582. The lowest BCUT2D eigenvalue weighted by Gasteiger charge is -2.07. The Kier molecular flexibility index (Phi) is 5.66. The van der Waals surface area contributed by atoms with Crippen molar-refractivity contribution in [1.82, 2.24) is 14.7 Å². The van der Waals surface area contributed by atoms with E-state index in [1.807, 2.05) is 18.2 Å². The number of thioether (sulfide) groups is 1. The highest BCUT2D eigenvalue weighted by atomic mass is 32.2. The number of H-pyrrole nitrogens is 1. The zero-order valence-electron chi connectivity index (χ0n) is 11.5. The van der Waals surface area contributed by atoms with Crippen LogP contribution in [0.5, 0.6) is 0 Å². The summed E-state index contributed by atoms with van der Waals surface area (Å²) in [6.45, 7) is 0.341. The van der Waals surface area contributed by atoms with Gasteiger partial charge >= 0.3 is 0 Å². The summed E-state index contributed by atoms with van der Waals surface area (Å²) in [5, 5.41) is 0. The van der Waals surface area contributed by atoms with Crippen molar-refractivity contribution >= 4 is 27.5 Å². The summed E-state index contributed by atoms with van der Waals surface area (Å²) in [7, 11) is -3.27. The van der Waals surface area contributed by atoms with Gasteiger partial charge in [-0.1, -0.05) is 12.1 Å². The van der Waals surface area contributed by atoms with Gasteiger partial charge in [-0.15, -0.1) is 11.8 Å². The number of hydrogen-bond acceptors (Lipinski definition) is 5. The highest BCUT2D eigenvalue weighted by Crippen LogP contribution is 2.24. The zero-order chi connectivity index (χ0) is 15.1. The Morgan fingerprint density at radius 1 is 1.33 bits per heavy atom. The Hall–Kier alpha value is -1.51. The Morgan fingerprint density at radius 3 is 2.86 bits per heavy atom. The number of nitrogen functional groups attached to an aromatic ring is 1. The quantitative estimate of drug-likeness (QED) is 0.500. The summed E-state index contributed by atoms with van der Waals surface area (Å²) in [5.74, 6) is 1.29. The van der Waals surface area contributed by atoms with Gasteiger partial charge in [-0.3, -0.25) is 0 Å². The second-order valence-corrected chi connectivity index (χ2v) is 7.45. The molecule has 1 aromatic heterocycles. The van der Waals surface area contributed by atoms with Crippen molar-refractivity contribution in [2.45, 2.75) is 11.3 Å². The van der Waals surface area contributed by atoms with Crippen LogP contribution in [0.4, 0.5) is 5.69 Å². The Bertz CT molecular complexity index is 657. The molecule has 6 nitrogen and oxygen atoms in total. The fraction of sp³-hybridized carbons (Fsp3) is 0.308. The first-order valence-electron chi connectivity index (χ1n) is 6.50. The number of hydrogen-bond donors (Lipinski definition) is 3. The summed E-state index contributed by atoms with van der Waals surface area (Å²) in [6.07, 6.45) is 3.90. The highest BCUT2D eigenvalue weighted by molar-refractivity contribution is 8.00. The smallest absolute Gasteiger partial charge is 0.212 e. The standard InChI is InChI=1S/C13H18N4O2S2/c14-11-3-1-2-4-12(11)20-9-10-21(18,19)17-6-5-13-15-7-8-16-13/h1-4,7-8,17H,5-6,9-10,14H2,(H,15,16). The summed E-state index contributed by atoms with van der Waals surface area (Å²) in [6, 6.07) is 7.43. The third-order valence-electron chi connectivity index (χ3n) is 2.77. The topological polar surface area (TPSA) is 101 Å². The van der Waals surface area contributed by atoms with Crippen molar-refractivity contribution in [1.29, 1.82) is 0 Å². The molecule has 0 radical (unpaired) electrons. The number of para-hydroxylation sites is 1. The minimum absolute atomic E-state index is 0.0597. The van der Waals surface area contributed by atoms with Crippen LogP contribution in [0.3, 0.4) is 0 Å². The van der Waals surface area contributed by atoms with E-state index in [0.29, 0.717) is 24.4 Å². The number of aromatic nitrogens is 2. The van der Waals surface area contributed by atoms with Gasteiger partial charge in [0.15, 0.2) is 0 Å². The third-order valence-corrected chi connectivity index (χ3v) is 5.50. The van der Waals surface area contributed by atoms with Gasteiger partial charge in [0.2, 0.25) is 10.0 Å². The molecule has 0 unspecified atom stereocenters. The Morgan fingerprint density at radius 2 is 2.14 bits per heavy atom. The molecular weight excluding hydrogens is 308 g/mol. The predicted molar refractivity (Wildman–Crippen MR) is 85.7 cm³/mol. The average Bonchev–Trinajstić information content (AvgIpc) is 2.94. The molecule has 114 valence electrons. The molecule has 0 saturated heterocycles. The van der Waals surface area contributed by atoms with Crippen LogP contribution in [0.2, 0.25) is 0 Å². The SMILES string of the molecule is Nc1ccccc1SCCS(=O)(=O)NCCc1ncc[nH]1. The van der Waals surface area contributed by atoms with Gasteiger partial charge in [0, 0.05) is 41.7 Å². The van der Waals surface area contributed by atoms with Crippen LogP contribution in [0, 0.1) is 0 Å². The molecule has 4 N–H and O–H groups in total. The predicted octanol–water partition coefficient (Wildman–Crippen LogP) is 1.25. The molecule has 2 rings (SSSR count). The monoisotopic (exact) mass is 326 g/mol. The van der Waals surface area contributed by atoms with E-state index in [-0.39, 0.29) is 5.75 Å². The Balaban J connectivity index is 1.72. The van der Waals surface area contributed by atoms with Gasteiger partial charge in [-0.05, 0) is 12.1 Å². The maximum absolute atomic E-state index is 11.8. The van der Waals surface area contributed by atoms with E-state index in [1.165, 1.54) is 11.8 Å². The maximum Gasteiger partial charge on any atom is 0.212 e. The lowest BCUT2D eigenvalue weighted by Crippen LogP contribution is -2.29. The van der Waals surface area contributed by atoms with Gasteiger partial charge in [-0.2, -0.15) is 0 Å². The third kappa shape index (κ3) is 5.41. The van der Waals surface area contributed by atoms with Crippen molar-refractivity contribution < 1.29 is 8.42 Å². The van der Waals surface area contributed by atoms with E-state index in [0.717, 1.165) is 10.7 Å². The molecule has 0 aliphatic heterocycles. The van der Waals surface area contributed by atoms with Crippen LogP contribution in [0.1, 0.15) is 5.82 Å². The average molecular weight is 326 g/mol. The maximum atomic E-state index is 11.8. The van der Waals surface area contributed by atoms with E-state index in [9.17, 15) is 8.42 Å². The van der Waals surface area contributed by atoms with Gasteiger partial charge in [0.1, 0.15) is 5.82 Å². The molecule has 0 aliphatic rings. The fourth-order valence-corrected chi connectivity index (χ4v) is 4.10. The van der Waals surface area contributed by atoms with Crippen LogP contribution in [0.15, 0.2) is 41.6 Å². The van der Waals surface area contributed by atoms with Gasteiger partial charge in [0.05, 0.1) is 5.75 Å². The second-order valence-electron chi connectivity index (χ2n) is 4.39. The number of benzene rings is 1. The highest BCUT2D eigenvalue weighted by Gasteiger charge is 2.10. The number of anilines is 1. The van der Waals surface area contributed by atoms with Crippen LogP contribution < -0.4 is 10.5 Å². The molecule has 21 heavy (non-hydrogen) atoms. The van der Waals surface area contributed by atoms with E-state index >= 15 is 0 Å². The molecule has 1 heterocycles. The summed E-state index contributed by atoms with van der Waals surface area (Å²) >= 11 is 1.44. The summed E-state index contributed by atoms with van der Waals surface area (Å²) < 4.78 is 26.3. The van der Waals surface area contributed by atoms with Crippen LogP contribution >= 0.6 is 11.8 Å². The molecule has 0 fully saturated rings. The molecule has 0 bridgehead atoms. The normalized spacial score (nSPS) is 11.6. The van der Waals surface area contributed by atoms with E-state index < -0.39 is 10.0 Å². The molecule has 0 aliphatic carbocycles. The molecule has 0 saturated carbocycles. The van der Waals surface area contributed by atoms with Crippen LogP contribution in [-0.4, -0.2) is 36.4 Å². The van der Waals surface area contributed by atoms with Gasteiger partial charge < -0.3 is 10.7 Å². The van der Waals surface area contributed by atoms with Crippen LogP contribution in [-0.2, 0) is 16.4 Å². The number of aromatic amines is 1. The van der Waals surface area contributed by atoms with Crippen LogP contribution in [0.25, 0.3) is 0 Å². The summed E-state index contributed by atoms with van der Waals surface area (Å²) in [5.41, 5.74) is 6.48. The number of nitrogens with two attached hydrogens (primary N) is 1. The van der Waals surface area contributed by atoms with E-state index in [1.54, 1.807) is 18.5 Å². The minimum Gasteiger partial charge on any atom is -0.398 e. The van der Waals surface area contributed by atoms with Gasteiger partial charge in [0.25, 0.3) is 0 Å².